The first-order chi connectivity index (χ1) is 49.9. The number of carbonyl (C=O) groups is 4. The fraction of sp³-hybridized carbons (Fsp3) is 0.952. The Morgan fingerprint density at radius 1 is 0.262 bits per heavy atom. The molecule has 3 N–H and O–H groups in total. The van der Waals surface area contributed by atoms with Crippen LogP contribution in [0.25, 0.3) is 0 Å². The summed E-state index contributed by atoms with van der Waals surface area (Å²) < 4.78 is 68.8. The van der Waals surface area contributed by atoms with Gasteiger partial charge in [0.1, 0.15) is 19.3 Å². The van der Waals surface area contributed by atoms with Crippen molar-refractivity contribution in [2.24, 2.45) is 11.8 Å². The van der Waals surface area contributed by atoms with Gasteiger partial charge in [0.05, 0.1) is 26.4 Å². The van der Waals surface area contributed by atoms with Crippen molar-refractivity contribution in [3.63, 3.8) is 0 Å². The summed E-state index contributed by atoms with van der Waals surface area (Å²) in [6.45, 7) is 9.61. The molecule has 0 aliphatic carbocycles. The standard InChI is InChI=1S/C84H164O17P2/c1-7-9-11-13-15-17-19-21-23-25-27-29-31-33-38-42-48-54-60-66-81(86)94-72-79(100-83(88)68-62-56-49-43-39-34-32-30-28-26-24-22-20-18-16-14-12-10-8-2)74-98-102(90,91)96-70-78(85)71-97-103(92,93)99-75-80(73-95-82(87)67-61-55-51-45-47-53-59-65-77(5)6)101-84(89)69-63-57-50-44-40-36-35-37-41-46-52-58-64-76(3)4/h76-80,85H,7-75H2,1-6H3,(H,90,91)(H,92,93)/t78-,79-,80-/m1/s1. The topological polar surface area (TPSA) is 237 Å². The van der Waals surface area contributed by atoms with E-state index in [1.54, 1.807) is 0 Å². The van der Waals surface area contributed by atoms with Gasteiger partial charge in [0.2, 0.25) is 0 Å². The molecule has 0 aromatic heterocycles. The summed E-state index contributed by atoms with van der Waals surface area (Å²) in [5.74, 6) is -0.624. The van der Waals surface area contributed by atoms with E-state index in [9.17, 15) is 43.2 Å². The lowest BCUT2D eigenvalue weighted by atomic mass is 10.0. The molecule has 0 heterocycles. The van der Waals surface area contributed by atoms with Crippen LogP contribution in [0, 0.1) is 11.8 Å². The van der Waals surface area contributed by atoms with E-state index in [-0.39, 0.29) is 25.7 Å². The fourth-order valence-corrected chi connectivity index (χ4v) is 14.6. The Labute approximate surface area is 632 Å². The molecule has 103 heavy (non-hydrogen) atoms. The molecule has 0 bridgehead atoms. The van der Waals surface area contributed by atoms with Crippen molar-refractivity contribution in [1.29, 1.82) is 0 Å². The number of phosphoric ester groups is 2. The first-order valence-electron chi connectivity index (χ1n) is 43.5. The van der Waals surface area contributed by atoms with Crippen LogP contribution in [0.1, 0.15) is 446 Å². The van der Waals surface area contributed by atoms with Gasteiger partial charge in [0.15, 0.2) is 12.2 Å². The van der Waals surface area contributed by atoms with Gasteiger partial charge in [-0.05, 0) is 37.5 Å². The van der Waals surface area contributed by atoms with Crippen LogP contribution in [0.15, 0.2) is 0 Å². The van der Waals surface area contributed by atoms with E-state index in [0.29, 0.717) is 31.6 Å². The van der Waals surface area contributed by atoms with E-state index in [1.165, 1.54) is 257 Å². The maximum absolute atomic E-state index is 13.1. The highest BCUT2D eigenvalue weighted by molar-refractivity contribution is 7.47. The third-order valence-electron chi connectivity index (χ3n) is 19.7. The minimum absolute atomic E-state index is 0.106. The molecule has 0 amide bonds. The van der Waals surface area contributed by atoms with Crippen LogP contribution in [-0.2, 0) is 65.4 Å². The van der Waals surface area contributed by atoms with Crippen molar-refractivity contribution in [1.82, 2.24) is 0 Å². The van der Waals surface area contributed by atoms with Gasteiger partial charge in [-0.15, -0.1) is 0 Å². The van der Waals surface area contributed by atoms with Gasteiger partial charge in [-0.1, -0.05) is 395 Å². The molecule has 0 saturated carbocycles. The second-order valence-electron chi connectivity index (χ2n) is 31.2. The largest absolute Gasteiger partial charge is 0.472 e. The second-order valence-corrected chi connectivity index (χ2v) is 34.1. The summed E-state index contributed by atoms with van der Waals surface area (Å²) >= 11 is 0. The Morgan fingerprint density at radius 2 is 0.447 bits per heavy atom. The number of hydrogen-bond donors (Lipinski definition) is 3. The predicted octanol–water partition coefficient (Wildman–Crippen LogP) is 25.5. The Morgan fingerprint density at radius 3 is 0.660 bits per heavy atom. The lowest BCUT2D eigenvalue weighted by Crippen LogP contribution is -2.30. The van der Waals surface area contributed by atoms with Crippen LogP contribution in [0.2, 0.25) is 0 Å². The molecule has 0 aromatic carbocycles. The number of aliphatic hydroxyl groups excluding tert-OH is 1. The van der Waals surface area contributed by atoms with E-state index < -0.39 is 97.5 Å². The summed E-state index contributed by atoms with van der Waals surface area (Å²) in [5.41, 5.74) is 0. The molecule has 0 fully saturated rings. The minimum atomic E-state index is -4.96. The molecule has 0 radical (unpaired) electrons. The zero-order valence-corrected chi connectivity index (χ0v) is 69.4. The van der Waals surface area contributed by atoms with Gasteiger partial charge < -0.3 is 33.8 Å². The molecule has 0 aliphatic heterocycles. The molecular formula is C84H164O17P2. The van der Waals surface area contributed by atoms with Crippen molar-refractivity contribution in [3.05, 3.63) is 0 Å². The molecule has 19 heteroatoms. The van der Waals surface area contributed by atoms with E-state index in [1.807, 2.05) is 0 Å². The van der Waals surface area contributed by atoms with Crippen LogP contribution in [0.5, 0.6) is 0 Å². The number of unbranched alkanes of at least 4 members (excludes halogenated alkanes) is 53. The molecule has 0 aromatic rings. The van der Waals surface area contributed by atoms with Crippen LogP contribution in [0.4, 0.5) is 0 Å². The van der Waals surface area contributed by atoms with Crippen molar-refractivity contribution < 1.29 is 80.2 Å². The summed E-state index contributed by atoms with van der Waals surface area (Å²) in [6.07, 6.45) is 66.8. The molecule has 0 spiro atoms. The van der Waals surface area contributed by atoms with Crippen LogP contribution in [0.3, 0.4) is 0 Å². The first kappa shape index (κ1) is 101. The number of carbonyl (C=O) groups excluding carboxylic acids is 4. The Kier molecular flexibility index (Phi) is 74.1. The quantitative estimate of drug-likeness (QED) is 0.0222. The lowest BCUT2D eigenvalue weighted by Gasteiger charge is -2.21. The number of aliphatic hydroxyl groups is 1. The molecular weight excluding hydrogens is 1340 g/mol. The van der Waals surface area contributed by atoms with E-state index in [4.69, 9.17) is 37.0 Å². The van der Waals surface area contributed by atoms with Crippen molar-refractivity contribution in [2.75, 3.05) is 39.6 Å². The number of phosphoric acid groups is 2. The minimum Gasteiger partial charge on any atom is -0.462 e. The monoisotopic (exact) mass is 1510 g/mol. The van der Waals surface area contributed by atoms with Gasteiger partial charge >= 0.3 is 39.5 Å². The maximum Gasteiger partial charge on any atom is 0.472 e. The Balaban J connectivity index is 5.23. The van der Waals surface area contributed by atoms with Crippen molar-refractivity contribution >= 4 is 39.5 Å². The first-order valence-corrected chi connectivity index (χ1v) is 46.5. The summed E-state index contributed by atoms with van der Waals surface area (Å²) in [5, 5.41) is 10.7. The zero-order chi connectivity index (χ0) is 75.6. The Hall–Kier alpha value is -1.94. The predicted molar refractivity (Wildman–Crippen MR) is 423 cm³/mol. The molecule has 612 valence electrons. The van der Waals surface area contributed by atoms with Gasteiger partial charge in [-0.25, -0.2) is 9.13 Å². The molecule has 0 rings (SSSR count). The SMILES string of the molecule is CCCCCCCCCCCCCCCCCCCCCC(=O)OC[C@H](COP(=O)(O)OC[C@@H](O)COP(=O)(O)OC[C@@H](COC(=O)CCCCCCCCCC(C)C)OC(=O)CCCCCCCCCCCCCCC(C)C)OC(=O)CCCCCCCCCCCCCCCCCCCCC. The highest BCUT2D eigenvalue weighted by Gasteiger charge is 2.30. The lowest BCUT2D eigenvalue weighted by molar-refractivity contribution is -0.161. The highest BCUT2D eigenvalue weighted by Crippen LogP contribution is 2.45. The van der Waals surface area contributed by atoms with Gasteiger partial charge in [-0.2, -0.15) is 0 Å². The van der Waals surface area contributed by atoms with Crippen LogP contribution < -0.4 is 0 Å². The average molecular weight is 1510 g/mol. The Bertz CT molecular complexity index is 1980. The number of ether oxygens (including phenoxy) is 4. The number of esters is 4. The van der Waals surface area contributed by atoms with Gasteiger partial charge in [0, 0.05) is 25.7 Å². The number of rotatable bonds is 83. The molecule has 17 nitrogen and oxygen atoms in total. The third kappa shape index (κ3) is 78.0. The van der Waals surface area contributed by atoms with Gasteiger partial charge in [0.25, 0.3) is 0 Å². The summed E-state index contributed by atoms with van der Waals surface area (Å²) in [4.78, 5) is 73.1. The molecule has 2 unspecified atom stereocenters. The van der Waals surface area contributed by atoms with Crippen LogP contribution in [-0.4, -0.2) is 96.7 Å². The van der Waals surface area contributed by atoms with Gasteiger partial charge in [-0.3, -0.25) is 37.3 Å². The third-order valence-corrected chi connectivity index (χ3v) is 21.6. The number of hydrogen-bond acceptors (Lipinski definition) is 15. The smallest absolute Gasteiger partial charge is 0.462 e. The van der Waals surface area contributed by atoms with Crippen molar-refractivity contribution in [3.8, 4) is 0 Å². The fourth-order valence-electron chi connectivity index (χ4n) is 13.1. The molecule has 0 saturated heterocycles. The highest BCUT2D eigenvalue weighted by atomic mass is 31.2. The average Bonchev–Trinajstić information content (AvgIpc) is 0.938. The van der Waals surface area contributed by atoms with E-state index in [0.717, 1.165) is 102 Å². The summed E-state index contributed by atoms with van der Waals surface area (Å²) in [6, 6.07) is 0. The zero-order valence-electron chi connectivity index (χ0n) is 67.6. The maximum atomic E-state index is 13.1. The van der Waals surface area contributed by atoms with Crippen molar-refractivity contribution in [2.45, 2.75) is 464 Å². The molecule has 0 aliphatic rings. The molecule has 5 atom stereocenters. The van der Waals surface area contributed by atoms with Crippen LogP contribution >= 0.6 is 15.6 Å². The normalized spacial score (nSPS) is 13.9. The second kappa shape index (κ2) is 75.5. The van der Waals surface area contributed by atoms with E-state index >= 15 is 0 Å². The van der Waals surface area contributed by atoms with E-state index in [2.05, 4.69) is 41.5 Å². The summed E-state index contributed by atoms with van der Waals surface area (Å²) in [7, 11) is -9.92.